The number of aryl methyl sites for hydroxylation is 1. The first kappa shape index (κ1) is 5.08. The van der Waals surface area contributed by atoms with E-state index in [-0.39, 0.29) is 5.82 Å². The number of aromatic nitrogens is 2. The number of nitrogens with two attached hydrogens (primary N) is 1. The van der Waals surface area contributed by atoms with E-state index in [1.54, 1.807) is 0 Å². The summed E-state index contributed by atoms with van der Waals surface area (Å²) in [6.07, 6.45) is 0. The lowest BCUT2D eigenvalue weighted by atomic mass is 10.6. The van der Waals surface area contributed by atoms with Crippen LogP contribution in [0.2, 0.25) is 0 Å². The Balaban J connectivity index is 3.14. The van der Waals surface area contributed by atoms with Crippen molar-refractivity contribution in [2.24, 2.45) is 7.05 Å². The molecule has 0 saturated carbocycles. The molecular weight excluding hydrogens is 109 g/mol. The number of hydrogen-bond donors (Lipinski definition) is 1. The zero-order valence-corrected chi connectivity index (χ0v) is 4.43. The molecule has 4 heteroatoms. The quantitative estimate of drug-likeness (QED) is 0.522. The monoisotopic (exact) mass is 115 g/mol. The van der Waals surface area contributed by atoms with Crippen LogP contribution in [0.1, 0.15) is 0 Å². The molecule has 44 valence electrons. The standard InChI is InChI=1S/C4H6FN3/c1-8-3(5)2-4(6)7-8/h2H,1H3,(H2,6,7). The summed E-state index contributed by atoms with van der Waals surface area (Å²) in [6.45, 7) is 0. The van der Waals surface area contributed by atoms with Crippen LogP contribution in [0.5, 0.6) is 0 Å². The van der Waals surface area contributed by atoms with Crippen LogP contribution in [0.15, 0.2) is 6.07 Å². The molecule has 0 aliphatic carbocycles. The van der Waals surface area contributed by atoms with Gasteiger partial charge in [-0.15, -0.1) is 0 Å². The smallest absolute Gasteiger partial charge is 0.213 e. The average Bonchev–Trinajstić information content (AvgIpc) is 1.85. The molecule has 0 fully saturated rings. The molecule has 0 amide bonds. The fraction of sp³-hybridized carbons (Fsp3) is 0.250. The van der Waals surface area contributed by atoms with Gasteiger partial charge in [-0.2, -0.15) is 9.49 Å². The summed E-state index contributed by atoms with van der Waals surface area (Å²) in [5.41, 5.74) is 5.11. The van der Waals surface area contributed by atoms with E-state index in [4.69, 9.17) is 5.73 Å². The van der Waals surface area contributed by atoms with Gasteiger partial charge in [-0.05, 0) is 0 Å². The van der Waals surface area contributed by atoms with Crippen molar-refractivity contribution in [3.05, 3.63) is 12.0 Å². The predicted octanol–water partition coefficient (Wildman–Crippen LogP) is 0.141. The first-order valence-electron chi connectivity index (χ1n) is 2.15. The van der Waals surface area contributed by atoms with Crippen molar-refractivity contribution in [1.29, 1.82) is 0 Å². The largest absolute Gasteiger partial charge is 0.382 e. The highest BCUT2D eigenvalue weighted by Gasteiger charge is 1.96. The summed E-state index contributed by atoms with van der Waals surface area (Å²) >= 11 is 0. The highest BCUT2D eigenvalue weighted by atomic mass is 19.1. The molecular formula is C4H6FN3. The Bertz CT molecular complexity index is 174. The van der Waals surface area contributed by atoms with E-state index in [2.05, 4.69) is 5.10 Å². The molecule has 3 nitrogen and oxygen atoms in total. The summed E-state index contributed by atoms with van der Waals surface area (Å²) < 4.78 is 13.2. The fourth-order valence-corrected chi connectivity index (χ4v) is 0.465. The fourth-order valence-electron chi connectivity index (χ4n) is 0.465. The number of nitrogens with zero attached hydrogens (tertiary/aromatic N) is 2. The third kappa shape index (κ3) is 0.641. The molecule has 1 aromatic rings. The predicted molar refractivity (Wildman–Crippen MR) is 27.6 cm³/mol. The van der Waals surface area contributed by atoms with Crippen LogP contribution in [0, 0.1) is 5.95 Å². The maximum absolute atomic E-state index is 12.2. The zero-order valence-electron chi connectivity index (χ0n) is 4.43. The zero-order chi connectivity index (χ0) is 6.15. The van der Waals surface area contributed by atoms with Gasteiger partial charge in [-0.3, -0.25) is 0 Å². The van der Waals surface area contributed by atoms with E-state index >= 15 is 0 Å². The van der Waals surface area contributed by atoms with Gasteiger partial charge in [-0.25, -0.2) is 4.68 Å². The van der Waals surface area contributed by atoms with Gasteiger partial charge in [0, 0.05) is 13.1 Å². The first-order chi connectivity index (χ1) is 3.70. The van der Waals surface area contributed by atoms with Gasteiger partial charge in [0.2, 0.25) is 5.95 Å². The minimum Gasteiger partial charge on any atom is -0.382 e. The van der Waals surface area contributed by atoms with Crippen LogP contribution in [0.4, 0.5) is 10.2 Å². The number of hydrogen-bond acceptors (Lipinski definition) is 2. The van der Waals surface area contributed by atoms with Crippen LogP contribution in [-0.2, 0) is 7.05 Å². The topological polar surface area (TPSA) is 43.8 Å². The van der Waals surface area contributed by atoms with E-state index in [1.165, 1.54) is 13.1 Å². The summed E-state index contributed by atoms with van der Waals surface area (Å²) in [5.74, 6) is -0.201. The van der Waals surface area contributed by atoms with E-state index in [1.807, 2.05) is 0 Å². The Kier molecular flexibility index (Phi) is 0.932. The average molecular weight is 115 g/mol. The van der Waals surface area contributed by atoms with Crippen LogP contribution >= 0.6 is 0 Å². The van der Waals surface area contributed by atoms with Crippen molar-refractivity contribution in [1.82, 2.24) is 9.78 Å². The minimum absolute atomic E-state index is 0.213. The molecule has 0 aromatic carbocycles. The van der Waals surface area contributed by atoms with Gasteiger partial charge in [0.15, 0.2) is 0 Å². The second kappa shape index (κ2) is 1.47. The Hall–Kier alpha value is -1.06. The Morgan fingerprint density at radius 1 is 1.88 bits per heavy atom. The first-order valence-corrected chi connectivity index (χ1v) is 2.15. The van der Waals surface area contributed by atoms with Gasteiger partial charge in [0.25, 0.3) is 0 Å². The lowest BCUT2D eigenvalue weighted by Crippen LogP contribution is -1.93. The van der Waals surface area contributed by atoms with Gasteiger partial charge >= 0.3 is 0 Å². The third-order valence-electron chi connectivity index (χ3n) is 0.842. The summed E-state index contributed by atoms with van der Waals surface area (Å²) in [4.78, 5) is 0. The maximum atomic E-state index is 12.2. The molecule has 1 aromatic heterocycles. The van der Waals surface area contributed by atoms with E-state index in [0.717, 1.165) is 4.68 Å². The molecule has 1 heterocycles. The lowest BCUT2D eigenvalue weighted by molar-refractivity contribution is 0.504. The van der Waals surface area contributed by atoms with E-state index in [0.29, 0.717) is 0 Å². The van der Waals surface area contributed by atoms with Crippen LogP contribution in [-0.4, -0.2) is 9.78 Å². The van der Waals surface area contributed by atoms with Crippen molar-refractivity contribution < 1.29 is 4.39 Å². The maximum Gasteiger partial charge on any atom is 0.213 e. The molecule has 2 N–H and O–H groups in total. The normalized spacial score (nSPS) is 9.75. The second-order valence-corrected chi connectivity index (χ2v) is 1.52. The van der Waals surface area contributed by atoms with Gasteiger partial charge in [0.1, 0.15) is 5.82 Å². The molecule has 1 rings (SSSR count). The van der Waals surface area contributed by atoms with Crippen molar-refractivity contribution in [2.75, 3.05) is 5.73 Å². The minimum atomic E-state index is -0.414. The summed E-state index contributed by atoms with van der Waals surface area (Å²) in [6, 6.07) is 1.17. The van der Waals surface area contributed by atoms with Crippen molar-refractivity contribution in [2.45, 2.75) is 0 Å². The molecule has 0 radical (unpaired) electrons. The Morgan fingerprint density at radius 3 is 2.62 bits per heavy atom. The van der Waals surface area contributed by atoms with Crippen LogP contribution in [0.3, 0.4) is 0 Å². The van der Waals surface area contributed by atoms with E-state index in [9.17, 15) is 4.39 Å². The summed E-state index contributed by atoms with van der Waals surface area (Å²) in [5, 5.41) is 3.53. The SMILES string of the molecule is Cn1nc(N)cc1F. The Labute approximate surface area is 45.9 Å². The highest BCUT2D eigenvalue weighted by Crippen LogP contribution is 1.99. The number of rotatable bonds is 0. The molecule has 0 saturated heterocycles. The van der Waals surface area contributed by atoms with Gasteiger partial charge < -0.3 is 5.73 Å². The van der Waals surface area contributed by atoms with Crippen molar-refractivity contribution in [3.8, 4) is 0 Å². The third-order valence-corrected chi connectivity index (χ3v) is 0.842. The van der Waals surface area contributed by atoms with Crippen molar-refractivity contribution in [3.63, 3.8) is 0 Å². The van der Waals surface area contributed by atoms with E-state index < -0.39 is 5.95 Å². The summed E-state index contributed by atoms with van der Waals surface area (Å²) in [7, 11) is 1.49. The second-order valence-electron chi connectivity index (χ2n) is 1.52. The van der Waals surface area contributed by atoms with Crippen LogP contribution < -0.4 is 5.73 Å². The molecule has 0 atom stereocenters. The Morgan fingerprint density at radius 2 is 2.50 bits per heavy atom. The molecule has 0 spiro atoms. The molecule has 0 aliphatic heterocycles. The van der Waals surface area contributed by atoms with Crippen LogP contribution in [0.25, 0.3) is 0 Å². The number of halogens is 1. The number of anilines is 1. The number of nitrogen functional groups attached to an aromatic ring is 1. The van der Waals surface area contributed by atoms with Crippen molar-refractivity contribution >= 4 is 5.82 Å². The molecule has 0 bridgehead atoms. The molecule has 0 unspecified atom stereocenters. The van der Waals surface area contributed by atoms with Gasteiger partial charge in [-0.1, -0.05) is 0 Å². The molecule has 0 aliphatic rings. The van der Waals surface area contributed by atoms with Gasteiger partial charge in [0.05, 0.1) is 0 Å². The lowest BCUT2D eigenvalue weighted by Gasteiger charge is -1.83. The highest BCUT2D eigenvalue weighted by molar-refractivity contribution is 5.24. The molecule has 8 heavy (non-hydrogen) atoms.